The first kappa shape index (κ1) is 8.93. The van der Waals surface area contributed by atoms with Gasteiger partial charge in [-0.05, 0) is 6.92 Å². The molecular formula is C9H12N4O. The van der Waals surface area contributed by atoms with Gasteiger partial charge in [-0.25, -0.2) is 9.50 Å². The van der Waals surface area contributed by atoms with Crippen LogP contribution in [0.15, 0.2) is 0 Å². The van der Waals surface area contributed by atoms with E-state index in [9.17, 15) is 4.79 Å². The van der Waals surface area contributed by atoms with E-state index in [4.69, 9.17) is 0 Å². The van der Waals surface area contributed by atoms with Crippen LogP contribution in [-0.4, -0.2) is 25.9 Å². The van der Waals surface area contributed by atoms with Crippen molar-refractivity contribution < 1.29 is 4.79 Å². The second kappa shape index (κ2) is 2.94. The minimum atomic E-state index is 0.302. The van der Waals surface area contributed by atoms with Crippen LogP contribution in [0.2, 0.25) is 0 Å². The Morgan fingerprint density at radius 1 is 1.43 bits per heavy atom. The number of carbonyl (C=O) groups excluding carboxylic acids is 1. The van der Waals surface area contributed by atoms with Gasteiger partial charge in [-0.3, -0.25) is 9.89 Å². The van der Waals surface area contributed by atoms with E-state index in [1.54, 1.807) is 11.4 Å². The topological polar surface area (TPSA) is 63.1 Å². The van der Waals surface area contributed by atoms with Crippen LogP contribution in [0.5, 0.6) is 0 Å². The molecule has 1 N–H and O–H groups in total. The Morgan fingerprint density at radius 3 is 2.71 bits per heavy atom. The maximum absolute atomic E-state index is 10.8. The summed E-state index contributed by atoms with van der Waals surface area (Å²) in [4.78, 5) is 19.2. The van der Waals surface area contributed by atoms with Crippen LogP contribution < -0.4 is 0 Å². The van der Waals surface area contributed by atoms with Crippen molar-refractivity contribution in [3.8, 4) is 0 Å². The van der Waals surface area contributed by atoms with Crippen molar-refractivity contribution in [2.75, 3.05) is 0 Å². The molecule has 0 radical (unpaired) electrons. The van der Waals surface area contributed by atoms with Gasteiger partial charge in [0, 0.05) is 5.92 Å². The summed E-state index contributed by atoms with van der Waals surface area (Å²) < 4.78 is 1.62. The van der Waals surface area contributed by atoms with Crippen molar-refractivity contribution in [1.29, 1.82) is 0 Å². The lowest BCUT2D eigenvalue weighted by Gasteiger charge is -1.96. The molecule has 2 aromatic rings. The number of hydrogen-bond donors (Lipinski definition) is 1. The highest BCUT2D eigenvalue weighted by molar-refractivity contribution is 5.75. The van der Waals surface area contributed by atoms with Gasteiger partial charge >= 0.3 is 0 Å². The minimum absolute atomic E-state index is 0.302. The van der Waals surface area contributed by atoms with Crippen LogP contribution in [0.4, 0.5) is 0 Å². The van der Waals surface area contributed by atoms with E-state index >= 15 is 0 Å². The molecule has 5 nitrogen and oxygen atoms in total. The number of aromatic amines is 1. The zero-order chi connectivity index (χ0) is 10.3. The largest absolute Gasteiger partial charge is 0.296 e. The van der Waals surface area contributed by atoms with Gasteiger partial charge in [-0.1, -0.05) is 13.8 Å². The highest BCUT2D eigenvalue weighted by Crippen LogP contribution is 2.13. The zero-order valence-electron chi connectivity index (χ0n) is 8.40. The molecule has 0 fully saturated rings. The third kappa shape index (κ3) is 1.13. The van der Waals surface area contributed by atoms with Crippen LogP contribution in [0.1, 0.15) is 41.8 Å². The van der Waals surface area contributed by atoms with Gasteiger partial charge < -0.3 is 0 Å². The number of hydrogen-bond acceptors (Lipinski definition) is 3. The number of fused-ring (bicyclic) bond motifs is 1. The third-order valence-corrected chi connectivity index (χ3v) is 2.18. The zero-order valence-corrected chi connectivity index (χ0v) is 8.40. The first-order valence-electron chi connectivity index (χ1n) is 4.53. The van der Waals surface area contributed by atoms with Gasteiger partial charge in [0.2, 0.25) is 0 Å². The summed E-state index contributed by atoms with van der Waals surface area (Å²) in [5.74, 6) is 1.71. The van der Waals surface area contributed by atoms with Crippen molar-refractivity contribution in [1.82, 2.24) is 19.6 Å². The van der Waals surface area contributed by atoms with Crippen molar-refractivity contribution in [2.45, 2.75) is 26.7 Å². The SMILES string of the molecule is Cc1nc2nc(C(C)C)[nH]n2c1C=O. The number of aryl methyl sites for hydroxylation is 1. The number of carbonyl (C=O) groups is 1. The lowest BCUT2D eigenvalue weighted by atomic mass is 10.2. The Morgan fingerprint density at radius 2 is 2.14 bits per heavy atom. The highest BCUT2D eigenvalue weighted by atomic mass is 16.1. The van der Waals surface area contributed by atoms with Crippen molar-refractivity contribution in [3.63, 3.8) is 0 Å². The molecule has 0 bridgehead atoms. The van der Waals surface area contributed by atoms with Gasteiger partial charge in [0.1, 0.15) is 11.5 Å². The predicted octanol–water partition coefficient (Wildman–Crippen LogP) is 1.30. The normalized spacial score (nSPS) is 11.4. The highest BCUT2D eigenvalue weighted by Gasteiger charge is 2.13. The number of imidazole rings is 1. The smallest absolute Gasteiger partial charge is 0.251 e. The fourth-order valence-electron chi connectivity index (χ4n) is 1.36. The standard InChI is InChI=1S/C9H12N4O/c1-5(2)8-11-9-10-6(3)7(4-14)13(9)12-8/h4-5H,1-3H3,(H,10,11,12). The van der Waals surface area contributed by atoms with Crippen molar-refractivity contribution in [3.05, 3.63) is 17.2 Å². The summed E-state index contributed by atoms with van der Waals surface area (Å²) in [5.41, 5.74) is 1.24. The van der Waals surface area contributed by atoms with E-state index in [0.717, 1.165) is 12.1 Å². The molecule has 0 saturated carbocycles. The third-order valence-electron chi connectivity index (χ3n) is 2.18. The monoisotopic (exact) mass is 192 g/mol. The minimum Gasteiger partial charge on any atom is -0.296 e. The van der Waals surface area contributed by atoms with Crippen LogP contribution in [-0.2, 0) is 0 Å². The molecule has 0 aromatic carbocycles. The van der Waals surface area contributed by atoms with E-state index in [1.165, 1.54) is 0 Å². The van der Waals surface area contributed by atoms with Crippen LogP contribution >= 0.6 is 0 Å². The molecule has 14 heavy (non-hydrogen) atoms. The molecule has 0 saturated heterocycles. The van der Waals surface area contributed by atoms with Gasteiger partial charge in [-0.2, -0.15) is 4.98 Å². The Labute approximate surface area is 81.2 Å². The molecule has 0 amide bonds. The molecule has 0 unspecified atom stereocenters. The molecular weight excluding hydrogens is 180 g/mol. The molecule has 0 aliphatic rings. The summed E-state index contributed by atoms with van der Waals surface area (Å²) in [5, 5.41) is 3.05. The number of rotatable bonds is 2. The lowest BCUT2D eigenvalue weighted by Crippen LogP contribution is -1.96. The summed E-state index contributed by atoms with van der Waals surface area (Å²) in [6.07, 6.45) is 0.789. The maximum atomic E-state index is 10.8. The molecule has 0 aliphatic heterocycles. The molecule has 0 atom stereocenters. The molecule has 74 valence electrons. The molecule has 2 aromatic heterocycles. The van der Waals surface area contributed by atoms with E-state index in [2.05, 4.69) is 15.1 Å². The fraction of sp³-hybridized carbons (Fsp3) is 0.444. The van der Waals surface area contributed by atoms with E-state index in [0.29, 0.717) is 23.1 Å². The van der Waals surface area contributed by atoms with Gasteiger partial charge in [0.15, 0.2) is 6.29 Å². The Bertz CT molecular complexity index is 480. The summed E-state index contributed by atoms with van der Waals surface area (Å²) in [6, 6.07) is 0. The van der Waals surface area contributed by atoms with E-state index in [1.807, 2.05) is 13.8 Å². The van der Waals surface area contributed by atoms with Gasteiger partial charge in [-0.15, -0.1) is 0 Å². The van der Waals surface area contributed by atoms with Gasteiger partial charge in [0.25, 0.3) is 5.78 Å². The number of nitrogens with zero attached hydrogens (tertiary/aromatic N) is 3. The number of nitrogens with one attached hydrogen (secondary N) is 1. The predicted molar refractivity (Wildman–Crippen MR) is 51.6 cm³/mol. The molecule has 2 rings (SSSR count). The van der Waals surface area contributed by atoms with E-state index in [-0.39, 0.29) is 0 Å². The molecule has 2 heterocycles. The molecule has 5 heteroatoms. The van der Waals surface area contributed by atoms with Crippen LogP contribution in [0.3, 0.4) is 0 Å². The van der Waals surface area contributed by atoms with Crippen LogP contribution in [0.25, 0.3) is 5.78 Å². The summed E-state index contributed by atoms with van der Waals surface area (Å²) >= 11 is 0. The van der Waals surface area contributed by atoms with Gasteiger partial charge in [0.05, 0.1) is 5.69 Å². The Balaban J connectivity index is 2.68. The molecule has 0 spiro atoms. The van der Waals surface area contributed by atoms with Crippen molar-refractivity contribution in [2.24, 2.45) is 0 Å². The molecule has 0 aliphatic carbocycles. The average Bonchev–Trinajstić information content (AvgIpc) is 2.60. The summed E-state index contributed by atoms with van der Waals surface area (Å²) in [6.45, 7) is 5.86. The van der Waals surface area contributed by atoms with Crippen molar-refractivity contribution >= 4 is 12.1 Å². The Hall–Kier alpha value is -1.65. The number of H-pyrrole nitrogens is 1. The first-order valence-corrected chi connectivity index (χ1v) is 4.53. The summed E-state index contributed by atoms with van der Waals surface area (Å²) in [7, 11) is 0. The average molecular weight is 192 g/mol. The Kier molecular flexibility index (Phi) is 1.87. The number of aromatic nitrogens is 4. The second-order valence-corrected chi connectivity index (χ2v) is 3.60. The first-order chi connectivity index (χ1) is 6.63. The fourth-order valence-corrected chi connectivity index (χ4v) is 1.36. The van der Waals surface area contributed by atoms with E-state index < -0.39 is 0 Å². The van der Waals surface area contributed by atoms with Crippen LogP contribution in [0, 0.1) is 6.92 Å². The number of aldehydes is 1. The second-order valence-electron chi connectivity index (χ2n) is 3.60. The quantitative estimate of drug-likeness (QED) is 0.729. The lowest BCUT2D eigenvalue weighted by molar-refractivity contribution is 0.111. The maximum Gasteiger partial charge on any atom is 0.251 e.